The van der Waals surface area contributed by atoms with Crippen LogP contribution in [0.4, 0.5) is 0 Å². The minimum Gasteiger partial charge on any atom is -0.388 e. The molecule has 2 rings (SSSR count). The highest BCUT2D eigenvalue weighted by molar-refractivity contribution is 5.13. The number of aryl methyl sites for hydroxylation is 2. The van der Waals surface area contributed by atoms with Gasteiger partial charge in [0.05, 0.1) is 12.4 Å². The summed E-state index contributed by atoms with van der Waals surface area (Å²) in [6.45, 7) is 3.93. The first kappa shape index (κ1) is 11.9. The van der Waals surface area contributed by atoms with Gasteiger partial charge in [0, 0.05) is 37.9 Å². The van der Waals surface area contributed by atoms with Crippen molar-refractivity contribution >= 4 is 0 Å². The third-order valence-corrected chi connectivity index (χ3v) is 2.94. The molecule has 2 aromatic rings. The molecule has 1 unspecified atom stereocenters. The van der Waals surface area contributed by atoms with Gasteiger partial charge in [-0.2, -0.15) is 0 Å². The summed E-state index contributed by atoms with van der Waals surface area (Å²) in [4.78, 5) is 4.01. The summed E-state index contributed by atoms with van der Waals surface area (Å²) in [5.74, 6) is 0. The lowest BCUT2D eigenvalue weighted by atomic mass is 10.1. The van der Waals surface area contributed by atoms with Crippen molar-refractivity contribution in [3.8, 4) is 0 Å². The van der Waals surface area contributed by atoms with Gasteiger partial charge in [-0.25, -0.2) is 4.98 Å². The number of aliphatic hydroxyl groups excluding tert-OH is 1. The maximum absolute atomic E-state index is 9.69. The van der Waals surface area contributed by atoms with E-state index in [9.17, 15) is 5.11 Å². The number of aliphatic hydroxyl groups is 1. The van der Waals surface area contributed by atoms with Crippen LogP contribution in [-0.2, 0) is 13.1 Å². The van der Waals surface area contributed by atoms with Gasteiger partial charge < -0.3 is 14.2 Å². The molecule has 0 amide bonds. The number of imidazole rings is 1. The average molecular weight is 233 g/mol. The molecule has 1 N–H and O–H groups in total. The van der Waals surface area contributed by atoms with Crippen LogP contribution in [0, 0.1) is 0 Å². The molecule has 0 fully saturated rings. The molecule has 0 aliphatic rings. The van der Waals surface area contributed by atoms with E-state index in [1.807, 2.05) is 37.9 Å². The highest BCUT2D eigenvalue weighted by atomic mass is 16.3. The molecule has 2 heterocycles. The second-order valence-electron chi connectivity index (χ2n) is 4.26. The van der Waals surface area contributed by atoms with Gasteiger partial charge in [0.25, 0.3) is 0 Å². The normalized spacial score (nSPS) is 12.8. The smallest absolute Gasteiger partial charge is 0.0945 e. The summed E-state index contributed by atoms with van der Waals surface area (Å²) < 4.78 is 4.20. The van der Waals surface area contributed by atoms with E-state index < -0.39 is 0 Å². The van der Waals surface area contributed by atoms with Crippen molar-refractivity contribution in [2.24, 2.45) is 0 Å². The minimum atomic E-state index is -0.329. The molecule has 4 nitrogen and oxygen atoms in total. The predicted molar refractivity (Wildman–Crippen MR) is 66.5 cm³/mol. The fourth-order valence-corrected chi connectivity index (χ4v) is 1.89. The van der Waals surface area contributed by atoms with E-state index in [0.717, 1.165) is 31.5 Å². The second kappa shape index (κ2) is 5.68. The molecule has 4 heteroatoms. The SMILES string of the molecule is CCC(O)c1ccn(CCCn2ccnc2)c1. The number of aromatic nitrogens is 3. The molecule has 0 aromatic carbocycles. The van der Waals surface area contributed by atoms with Crippen LogP contribution in [0.5, 0.6) is 0 Å². The molecular formula is C13H19N3O. The molecule has 1 atom stereocenters. The molecule has 17 heavy (non-hydrogen) atoms. The molecule has 92 valence electrons. The molecule has 2 aromatic heterocycles. The molecular weight excluding hydrogens is 214 g/mol. The van der Waals surface area contributed by atoms with Gasteiger partial charge in [-0.1, -0.05) is 6.92 Å². The van der Waals surface area contributed by atoms with Gasteiger partial charge in [-0.05, 0) is 24.5 Å². The largest absolute Gasteiger partial charge is 0.388 e. The maximum Gasteiger partial charge on any atom is 0.0945 e. The average Bonchev–Trinajstić information content (AvgIpc) is 2.99. The van der Waals surface area contributed by atoms with Crippen LogP contribution in [0.2, 0.25) is 0 Å². The highest BCUT2D eigenvalue weighted by Gasteiger charge is 2.05. The Balaban J connectivity index is 1.81. The molecule has 0 saturated carbocycles. The second-order valence-corrected chi connectivity index (χ2v) is 4.26. The van der Waals surface area contributed by atoms with Crippen molar-refractivity contribution in [2.45, 2.75) is 39.0 Å². The van der Waals surface area contributed by atoms with E-state index >= 15 is 0 Å². The summed E-state index contributed by atoms with van der Waals surface area (Å²) in [7, 11) is 0. The third kappa shape index (κ3) is 3.20. The highest BCUT2D eigenvalue weighted by Crippen LogP contribution is 2.16. The number of nitrogens with zero attached hydrogens (tertiary/aromatic N) is 3. The van der Waals surface area contributed by atoms with Crippen LogP contribution in [0.15, 0.2) is 37.2 Å². The first-order valence-electron chi connectivity index (χ1n) is 6.09. The van der Waals surface area contributed by atoms with Gasteiger partial charge in [-0.3, -0.25) is 0 Å². The number of rotatable bonds is 6. The first-order valence-corrected chi connectivity index (χ1v) is 6.09. The molecule has 0 aliphatic heterocycles. The summed E-state index contributed by atoms with van der Waals surface area (Å²) >= 11 is 0. The van der Waals surface area contributed by atoms with Crippen molar-refractivity contribution < 1.29 is 5.11 Å². The van der Waals surface area contributed by atoms with Gasteiger partial charge >= 0.3 is 0 Å². The Morgan fingerprint density at radius 3 is 2.82 bits per heavy atom. The summed E-state index contributed by atoms with van der Waals surface area (Å²) in [5, 5.41) is 9.69. The Kier molecular flexibility index (Phi) is 3.98. The van der Waals surface area contributed by atoms with Crippen molar-refractivity contribution in [3.05, 3.63) is 42.7 Å². The summed E-state index contributed by atoms with van der Waals surface area (Å²) in [6.07, 6.45) is 11.2. The van der Waals surface area contributed by atoms with E-state index in [4.69, 9.17) is 0 Å². The Bertz CT molecular complexity index is 433. The van der Waals surface area contributed by atoms with E-state index in [0.29, 0.717) is 0 Å². The van der Waals surface area contributed by atoms with Crippen LogP contribution < -0.4 is 0 Å². The zero-order chi connectivity index (χ0) is 12.1. The fourth-order valence-electron chi connectivity index (χ4n) is 1.89. The fraction of sp³-hybridized carbons (Fsp3) is 0.462. The zero-order valence-electron chi connectivity index (χ0n) is 10.2. The third-order valence-electron chi connectivity index (χ3n) is 2.94. The molecule has 0 aliphatic carbocycles. The lowest BCUT2D eigenvalue weighted by Gasteiger charge is -2.05. The van der Waals surface area contributed by atoms with Crippen molar-refractivity contribution in [1.29, 1.82) is 0 Å². The standard InChI is InChI=1S/C13H19N3O/c1-2-13(17)12-4-8-15(10-12)6-3-7-16-9-5-14-11-16/h4-5,8-11,13,17H,2-3,6-7H2,1H3. The van der Waals surface area contributed by atoms with Crippen molar-refractivity contribution in [3.63, 3.8) is 0 Å². The van der Waals surface area contributed by atoms with Gasteiger partial charge in [0.15, 0.2) is 0 Å². The van der Waals surface area contributed by atoms with E-state index in [1.54, 1.807) is 6.20 Å². The van der Waals surface area contributed by atoms with Crippen molar-refractivity contribution in [1.82, 2.24) is 14.1 Å². The minimum absolute atomic E-state index is 0.329. The van der Waals surface area contributed by atoms with Gasteiger partial charge in [0.2, 0.25) is 0 Å². The van der Waals surface area contributed by atoms with Crippen LogP contribution in [-0.4, -0.2) is 19.2 Å². The van der Waals surface area contributed by atoms with Crippen LogP contribution in [0.25, 0.3) is 0 Å². The first-order chi connectivity index (χ1) is 8.29. The Morgan fingerprint density at radius 1 is 1.29 bits per heavy atom. The number of hydrogen-bond donors (Lipinski definition) is 1. The lowest BCUT2D eigenvalue weighted by molar-refractivity contribution is 0.173. The molecule has 0 saturated heterocycles. The zero-order valence-corrected chi connectivity index (χ0v) is 10.2. The van der Waals surface area contributed by atoms with Crippen molar-refractivity contribution in [2.75, 3.05) is 0 Å². The topological polar surface area (TPSA) is 43.0 Å². The summed E-state index contributed by atoms with van der Waals surface area (Å²) in [6, 6.07) is 1.99. The van der Waals surface area contributed by atoms with E-state index in [-0.39, 0.29) is 6.10 Å². The van der Waals surface area contributed by atoms with Crippen LogP contribution in [0.1, 0.15) is 31.4 Å². The van der Waals surface area contributed by atoms with Crippen LogP contribution >= 0.6 is 0 Å². The quantitative estimate of drug-likeness (QED) is 0.831. The number of hydrogen-bond acceptors (Lipinski definition) is 2. The Labute approximate surface area is 102 Å². The monoisotopic (exact) mass is 233 g/mol. The van der Waals surface area contributed by atoms with E-state index in [2.05, 4.69) is 14.1 Å². The van der Waals surface area contributed by atoms with Crippen LogP contribution in [0.3, 0.4) is 0 Å². The lowest BCUT2D eigenvalue weighted by Crippen LogP contribution is -2.01. The van der Waals surface area contributed by atoms with Gasteiger partial charge in [0.1, 0.15) is 0 Å². The summed E-state index contributed by atoms with van der Waals surface area (Å²) in [5.41, 5.74) is 1.01. The maximum atomic E-state index is 9.69. The Morgan fingerprint density at radius 2 is 2.12 bits per heavy atom. The molecule has 0 radical (unpaired) electrons. The van der Waals surface area contributed by atoms with Gasteiger partial charge in [-0.15, -0.1) is 0 Å². The van der Waals surface area contributed by atoms with E-state index in [1.165, 1.54) is 0 Å². The Hall–Kier alpha value is -1.55. The molecule has 0 spiro atoms. The predicted octanol–water partition coefficient (Wildman–Crippen LogP) is 2.22. The molecule has 0 bridgehead atoms.